The first-order chi connectivity index (χ1) is 15.2. The molecule has 1 aromatic heterocycles. The molecule has 2 aromatic carbocycles. The lowest BCUT2D eigenvalue weighted by atomic mass is 9.74. The SMILES string of the molecule is CN=C(NCC1(c2ccccc2)CCOCC1)N(C)Cc1ncc(-c2ccccc2)[nH]1.I. The van der Waals surface area contributed by atoms with Gasteiger partial charge in [-0.15, -0.1) is 24.0 Å². The molecule has 0 spiro atoms. The molecule has 2 N–H and O–H groups in total. The van der Waals surface area contributed by atoms with Gasteiger partial charge < -0.3 is 19.9 Å². The lowest BCUT2D eigenvalue weighted by Gasteiger charge is -2.39. The van der Waals surface area contributed by atoms with E-state index in [1.54, 1.807) is 0 Å². The number of H-pyrrole nitrogens is 1. The number of hydrogen-bond donors (Lipinski definition) is 2. The molecular formula is C25H32IN5O. The third-order valence-electron chi connectivity index (χ3n) is 6.09. The average Bonchev–Trinajstić information content (AvgIpc) is 3.30. The van der Waals surface area contributed by atoms with Gasteiger partial charge in [0.2, 0.25) is 0 Å². The van der Waals surface area contributed by atoms with Crippen molar-refractivity contribution in [2.24, 2.45) is 4.99 Å². The summed E-state index contributed by atoms with van der Waals surface area (Å²) in [4.78, 5) is 14.6. The first kappa shape index (κ1) is 24.3. The van der Waals surface area contributed by atoms with Crippen molar-refractivity contribution in [1.29, 1.82) is 0 Å². The van der Waals surface area contributed by atoms with Crippen LogP contribution in [0.2, 0.25) is 0 Å². The lowest BCUT2D eigenvalue weighted by molar-refractivity contribution is 0.0512. The molecule has 4 rings (SSSR count). The van der Waals surface area contributed by atoms with E-state index in [4.69, 9.17) is 4.74 Å². The largest absolute Gasteiger partial charge is 0.381 e. The van der Waals surface area contributed by atoms with Gasteiger partial charge >= 0.3 is 0 Å². The van der Waals surface area contributed by atoms with Crippen molar-refractivity contribution < 1.29 is 4.74 Å². The number of hydrogen-bond acceptors (Lipinski definition) is 3. The molecule has 2 heterocycles. The van der Waals surface area contributed by atoms with Gasteiger partial charge in [-0.05, 0) is 24.0 Å². The number of rotatable bonds is 6. The fraction of sp³-hybridized carbons (Fsp3) is 0.360. The Morgan fingerprint density at radius 1 is 1.09 bits per heavy atom. The van der Waals surface area contributed by atoms with Gasteiger partial charge in [0.05, 0.1) is 18.4 Å². The Morgan fingerprint density at radius 3 is 2.41 bits per heavy atom. The predicted octanol–water partition coefficient (Wildman–Crippen LogP) is 4.45. The first-order valence-corrected chi connectivity index (χ1v) is 10.8. The van der Waals surface area contributed by atoms with Crippen LogP contribution in [0, 0.1) is 0 Å². The summed E-state index contributed by atoms with van der Waals surface area (Å²) in [5.74, 6) is 1.77. The maximum Gasteiger partial charge on any atom is 0.193 e. The molecule has 7 heteroatoms. The van der Waals surface area contributed by atoms with Crippen LogP contribution in [-0.4, -0.2) is 54.7 Å². The molecule has 0 amide bonds. The van der Waals surface area contributed by atoms with E-state index in [9.17, 15) is 0 Å². The van der Waals surface area contributed by atoms with Gasteiger partial charge in [0.15, 0.2) is 5.96 Å². The molecule has 1 aliphatic rings. The predicted molar refractivity (Wildman–Crippen MR) is 140 cm³/mol. The first-order valence-electron chi connectivity index (χ1n) is 10.8. The quantitative estimate of drug-likeness (QED) is 0.273. The smallest absolute Gasteiger partial charge is 0.193 e. The normalized spacial score (nSPS) is 15.6. The number of aromatic amines is 1. The van der Waals surface area contributed by atoms with E-state index in [0.29, 0.717) is 6.54 Å². The molecule has 32 heavy (non-hydrogen) atoms. The zero-order valence-electron chi connectivity index (χ0n) is 18.8. The summed E-state index contributed by atoms with van der Waals surface area (Å²) in [6.07, 6.45) is 3.90. The summed E-state index contributed by atoms with van der Waals surface area (Å²) in [5.41, 5.74) is 3.58. The fourth-order valence-electron chi connectivity index (χ4n) is 4.26. The summed E-state index contributed by atoms with van der Waals surface area (Å²) < 4.78 is 5.66. The molecule has 0 bridgehead atoms. The highest BCUT2D eigenvalue weighted by Crippen LogP contribution is 2.34. The zero-order valence-corrected chi connectivity index (χ0v) is 21.1. The summed E-state index contributed by atoms with van der Waals surface area (Å²) in [7, 11) is 3.87. The van der Waals surface area contributed by atoms with Crippen molar-refractivity contribution >= 4 is 29.9 Å². The van der Waals surface area contributed by atoms with Crippen LogP contribution in [0.1, 0.15) is 24.2 Å². The van der Waals surface area contributed by atoms with E-state index in [2.05, 4.69) is 67.6 Å². The number of halogens is 1. The Morgan fingerprint density at radius 2 is 1.75 bits per heavy atom. The number of imidazole rings is 1. The maximum absolute atomic E-state index is 5.66. The molecule has 0 unspecified atom stereocenters. The number of benzene rings is 2. The van der Waals surface area contributed by atoms with Crippen LogP contribution in [0.15, 0.2) is 71.9 Å². The van der Waals surface area contributed by atoms with Gasteiger partial charge in [-0.25, -0.2) is 4.98 Å². The molecule has 0 aliphatic carbocycles. The number of aliphatic imine (C=N–C) groups is 1. The van der Waals surface area contributed by atoms with Gasteiger partial charge in [0.25, 0.3) is 0 Å². The number of aromatic nitrogens is 2. The van der Waals surface area contributed by atoms with Crippen molar-refractivity contribution in [1.82, 2.24) is 20.2 Å². The summed E-state index contributed by atoms with van der Waals surface area (Å²) in [6, 6.07) is 21.0. The molecule has 1 fully saturated rings. The lowest BCUT2D eigenvalue weighted by Crippen LogP contribution is -2.48. The Kier molecular flexibility index (Phi) is 8.69. The molecular weight excluding hydrogens is 513 g/mol. The molecule has 3 aromatic rings. The molecule has 0 atom stereocenters. The van der Waals surface area contributed by atoms with Crippen LogP contribution >= 0.6 is 24.0 Å². The van der Waals surface area contributed by atoms with Gasteiger partial charge in [-0.1, -0.05) is 60.7 Å². The van der Waals surface area contributed by atoms with Crippen LogP contribution in [0.3, 0.4) is 0 Å². The van der Waals surface area contributed by atoms with Gasteiger partial charge in [-0.3, -0.25) is 4.99 Å². The van der Waals surface area contributed by atoms with Crippen molar-refractivity contribution in [2.75, 3.05) is 33.9 Å². The van der Waals surface area contributed by atoms with Gasteiger partial charge in [-0.2, -0.15) is 0 Å². The van der Waals surface area contributed by atoms with Crippen LogP contribution in [0.25, 0.3) is 11.3 Å². The van der Waals surface area contributed by atoms with E-state index >= 15 is 0 Å². The average molecular weight is 545 g/mol. The number of guanidine groups is 1. The molecule has 170 valence electrons. The second-order valence-electron chi connectivity index (χ2n) is 8.13. The Balaban J connectivity index is 0.00000289. The van der Waals surface area contributed by atoms with E-state index in [-0.39, 0.29) is 29.4 Å². The number of nitrogens with zero attached hydrogens (tertiary/aromatic N) is 3. The minimum absolute atomic E-state index is 0. The second kappa shape index (κ2) is 11.5. The summed E-state index contributed by atoms with van der Waals surface area (Å²) in [5, 5.41) is 3.62. The Hall–Kier alpha value is -2.39. The highest BCUT2D eigenvalue weighted by Gasteiger charge is 2.34. The number of nitrogens with one attached hydrogen (secondary N) is 2. The van der Waals surface area contributed by atoms with E-state index in [1.807, 2.05) is 38.5 Å². The highest BCUT2D eigenvalue weighted by molar-refractivity contribution is 14.0. The minimum atomic E-state index is 0. The van der Waals surface area contributed by atoms with Crippen molar-refractivity contribution in [3.8, 4) is 11.3 Å². The number of ether oxygens (including phenoxy) is 1. The standard InChI is InChI=1S/C25H31N5O.HI/c1-26-24(28-19-25(13-15-31-16-14-25)21-11-7-4-8-12-21)30(2)18-23-27-17-22(29-23)20-9-5-3-6-10-20;/h3-12,17H,13-16,18-19H2,1-2H3,(H,26,28)(H,27,29);1H. The van der Waals surface area contributed by atoms with Crippen molar-refractivity contribution in [2.45, 2.75) is 24.8 Å². The third kappa shape index (κ3) is 5.69. The van der Waals surface area contributed by atoms with Crippen molar-refractivity contribution in [3.63, 3.8) is 0 Å². The second-order valence-corrected chi connectivity index (χ2v) is 8.13. The van der Waals surface area contributed by atoms with Crippen LogP contribution < -0.4 is 5.32 Å². The minimum Gasteiger partial charge on any atom is -0.381 e. The van der Waals surface area contributed by atoms with E-state index in [0.717, 1.165) is 55.6 Å². The highest BCUT2D eigenvalue weighted by atomic mass is 127. The zero-order chi connectivity index (χ0) is 21.5. The summed E-state index contributed by atoms with van der Waals surface area (Å²) >= 11 is 0. The molecule has 0 saturated carbocycles. The topological polar surface area (TPSA) is 65.5 Å². The summed E-state index contributed by atoms with van der Waals surface area (Å²) in [6.45, 7) is 3.05. The maximum atomic E-state index is 5.66. The fourth-order valence-corrected chi connectivity index (χ4v) is 4.26. The molecule has 1 aliphatic heterocycles. The van der Waals surface area contributed by atoms with Crippen molar-refractivity contribution in [3.05, 3.63) is 78.2 Å². The molecule has 0 radical (unpaired) electrons. The Labute approximate surface area is 207 Å². The third-order valence-corrected chi connectivity index (χ3v) is 6.09. The van der Waals surface area contributed by atoms with Crippen LogP contribution in [-0.2, 0) is 16.7 Å². The molecule has 6 nitrogen and oxygen atoms in total. The van der Waals surface area contributed by atoms with Gasteiger partial charge in [0, 0.05) is 39.3 Å². The van der Waals surface area contributed by atoms with Crippen LogP contribution in [0.4, 0.5) is 0 Å². The van der Waals surface area contributed by atoms with E-state index in [1.165, 1.54) is 5.56 Å². The molecule has 1 saturated heterocycles. The Bertz CT molecular complexity index is 984. The van der Waals surface area contributed by atoms with E-state index < -0.39 is 0 Å². The van der Waals surface area contributed by atoms with Gasteiger partial charge in [0.1, 0.15) is 5.82 Å². The van der Waals surface area contributed by atoms with Crippen LogP contribution in [0.5, 0.6) is 0 Å². The monoisotopic (exact) mass is 545 g/mol.